The number of rotatable bonds is 6. The maximum atomic E-state index is 13.1. The second kappa shape index (κ2) is 7.08. The highest BCUT2D eigenvalue weighted by molar-refractivity contribution is 7.99. The Hall–Kier alpha value is -1.08. The molecule has 1 heterocycles. The van der Waals surface area contributed by atoms with Crippen molar-refractivity contribution in [2.45, 2.75) is 24.4 Å². The molecule has 1 aromatic carbocycles. The van der Waals surface area contributed by atoms with Crippen molar-refractivity contribution in [2.24, 2.45) is 5.84 Å². The lowest BCUT2D eigenvalue weighted by Crippen LogP contribution is -2.31. The van der Waals surface area contributed by atoms with Crippen molar-refractivity contribution < 1.29 is 4.39 Å². The van der Waals surface area contributed by atoms with Gasteiger partial charge < -0.3 is 0 Å². The highest BCUT2D eigenvalue weighted by Crippen LogP contribution is 2.28. The third-order valence-corrected chi connectivity index (χ3v) is 4.26. The van der Waals surface area contributed by atoms with Crippen LogP contribution in [0.25, 0.3) is 0 Å². The quantitative estimate of drug-likeness (QED) is 0.489. The van der Waals surface area contributed by atoms with Gasteiger partial charge in [0.1, 0.15) is 5.82 Å². The summed E-state index contributed by atoms with van der Waals surface area (Å²) in [7, 11) is 0. The van der Waals surface area contributed by atoms with E-state index >= 15 is 0 Å². The molecule has 2 rings (SSSR count). The summed E-state index contributed by atoms with van der Waals surface area (Å²) < 4.78 is 14.9. The first kappa shape index (κ1) is 15.3. The highest BCUT2D eigenvalue weighted by Gasteiger charge is 2.19. The van der Waals surface area contributed by atoms with Crippen molar-refractivity contribution in [1.29, 1.82) is 0 Å². The van der Waals surface area contributed by atoms with Crippen LogP contribution < -0.4 is 11.3 Å². The molecule has 1 aromatic heterocycles. The van der Waals surface area contributed by atoms with Crippen LogP contribution in [0.15, 0.2) is 35.4 Å². The van der Waals surface area contributed by atoms with Crippen LogP contribution in [-0.4, -0.2) is 15.5 Å². The van der Waals surface area contributed by atoms with Gasteiger partial charge in [-0.25, -0.2) is 4.39 Å². The number of aromatic nitrogens is 2. The Balaban J connectivity index is 2.11. The van der Waals surface area contributed by atoms with Crippen molar-refractivity contribution in [2.75, 3.05) is 5.75 Å². The predicted molar refractivity (Wildman–Crippen MR) is 80.1 cm³/mol. The van der Waals surface area contributed by atoms with Crippen molar-refractivity contribution in [1.82, 2.24) is 15.2 Å². The molecule has 0 saturated heterocycles. The molecular weight excluding hydrogens is 299 g/mol. The molecule has 1 unspecified atom stereocenters. The van der Waals surface area contributed by atoms with E-state index in [2.05, 4.69) is 10.5 Å². The lowest BCUT2D eigenvalue weighted by atomic mass is 10.2. The van der Waals surface area contributed by atoms with Crippen molar-refractivity contribution >= 4 is 23.4 Å². The summed E-state index contributed by atoms with van der Waals surface area (Å²) in [5, 5.41) is 4.77. The lowest BCUT2D eigenvalue weighted by molar-refractivity contribution is 0.528. The SMILES string of the molecule is CCn1ncc(Cl)c1C(CSc1cccc(F)c1)NN. The molecule has 4 nitrogen and oxygen atoms in total. The van der Waals surface area contributed by atoms with Gasteiger partial charge in [0.25, 0.3) is 0 Å². The predicted octanol–water partition coefficient (Wildman–Crippen LogP) is 2.99. The monoisotopic (exact) mass is 314 g/mol. The molecule has 3 N–H and O–H groups in total. The number of benzene rings is 1. The summed E-state index contributed by atoms with van der Waals surface area (Å²) in [5.41, 5.74) is 3.59. The van der Waals surface area contributed by atoms with Crippen molar-refractivity contribution in [3.8, 4) is 0 Å². The molecule has 0 radical (unpaired) electrons. The number of hydrazine groups is 1. The van der Waals surface area contributed by atoms with Crippen LogP contribution in [0, 0.1) is 5.82 Å². The van der Waals surface area contributed by atoms with E-state index in [0.29, 0.717) is 17.3 Å². The maximum Gasteiger partial charge on any atom is 0.124 e. The number of hydrogen-bond acceptors (Lipinski definition) is 4. The van der Waals surface area contributed by atoms with Gasteiger partial charge in [-0.05, 0) is 25.1 Å². The average Bonchev–Trinajstić information content (AvgIpc) is 2.81. The number of nitrogens with two attached hydrogens (primary N) is 1. The molecule has 0 aliphatic heterocycles. The molecule has 20 heavy (non-hydrogen) atoms. The zero-order valence-electron chi connectivity index (χ0n) is 11.0. The molecule has 1 atom stereocenters. The van der Waals surface area contributed by atoms with Crippen LogP contribution >= 0.6 is 23.4 Å². The number of nitrogens with one attached hydrogen (secondary N) is 1. The van der Waals surface area contributed by atoms with Gasteiger partial charge in [0.15, 0.2) is 0 Å². The number of aryl methyl sites for hydroxylation is 1. The first-order valence-electron chi connectivity index (χ1n) is 6.21. The smallest absolute Gasteiger partial charge is 0.124 e. The number of thioether (sulfide) groups is 1. The summed E-state index contributed by atoms with van der Waals surface area (Å²) in [4.78, 5) is 0.851. The topological polar surface area (TPSA) is 55.9 Å². The molecule has 0 spiro atoms. The minimum Gasteiger partial charge on any atom is -0.271 e. The minimum absolute atomic E-state index is 0.154. The summed E-state index contributed by atoms with van der Waals surface area (Å²) in [6.07, 6.45) is 1.61. The fraction of sp³-hybridized carbons (Fsp3) is 0.308. The Morgan fingerprint density at radius 1 is 1.55 bits per heavy atom. The van der Waals surface area contributed by atoms with Gasteiger partial charge in [0.2, 0.25) is 0 Å². The van der Waals surface area contributed by atoms with E-state index in [1.807, 2.05) is 13.0 Å². The molecule has 0 aliphatic rings. The van der Waals surface area contributed by atoms with E-state index in [4.69, 9.17) is 17.4 Å². The molecular formula is C13H16ClFN4S. The van der Waals surface area contributed by atoms with Crippen LogP contribution in [0.3, 0.4) is 0 Å². The first-order valence-corrected chi connectivity index (χ1v) is 7.57. The van der Waals surface area contributed by atoms with E-state index in [9.17, 15) is 4.39 Å². The molecule has 0 amide bonds. The van der Waals surface area contributed by atoms with Gasteiger partial charge in [-0.1, -0.05) is 17.7 Å². The van der Waals surface area contributed by atoms with Crippen molar-refractivity contribution in [3.63, 3.8) is 0 Å². The summed E-state index contributed by atoms with van der Waals surface area (Å²) >= 11 is 7.67. The zero-order valence-corrected chi connectivity index (χ0v) is 12.6. The Labute approximate surface area is 126 Å². The maximum absolute atomic E-state index is 13.1. The number of nitrogens with zero attached hydrogens (tertiary/aromatic N) is 2. The Bertz CT molecular complexity index is 575. The molecule has 2 aromatic rings. The third kappa shape index (κ3) is 3.52. The van der Waals surface area contributed by atoms with Gasteiger partial charge in [-0.2, -0.15) is 5.10 Å². The fourth-order valence-electron chi connectivity index (χ4n) is 1.91. The summed E-state index contributed by atoms with van der Waals surface area (Å²) in [5.74, 6) is 6.00. The Kier molecular flexibility index (Phi) is 5.42. The molecule has 0 aliphatic carbocycles. The standard InChI is InChI=1S/C13H16ClFN4S/c1-2-19-13(11(14)7-17-19)12(18-16)8-20-10-5-3-4-9(15)6-10/h3-7,12,18H,2,8,16H2,1H3. The highest BCUT2D eigenvalue weighted by atomic mass is 35.5. The zero-order chi connectivity index (χ0) is 14.5. The van der Waals surface area contributed by atoms with Crippen LogP contribution in [0.4, 0.5) is 4.39 Å². The van der Waals surface area contributed by atoms with E-state index in [1.165, 1.54) is 23.9 Å². The van der Waals surface area contributed by atoms with Crippen LogP contribution in [0.2, 0.25) is 5.02 Å². The Morgan fingerprint density at radius 2 is 2.35 bits per heavy atom. The molecule has 7 heteroatoms. The van der Waals surface area contributed by atoms with E-state index in [-0.39, 0.29) is 11.9 Å². The van der Waals surface area contributed by atoms with Gasteiger partial charge in [-0.3, -0.25) is 16.0 Å². The summed E-state index contributed by atoms with van der Waals surface area (Å²) in [6, 6.07) is 6.31. The molecule has 0 bridgehead atoms. The summed E-state index contributed by atoms with van der Waals surface area (Å²) in [6.45, 7) is 2.70. The van der Waals surface area contributed by atoms with Crippen LogP contribution in [-0.2, 0) is 6.54 Å². The minimum atomic E-state index is -0.246. The average molecular weight is 315 g/mol. The van der Waals surface area contributed by atoms with Gasteiger partial charge in [-0.15, -0.1) is 11.8 Å². The lowest BCUT2D eigenvalue weighted by Gasteiger charge is -2.17. The molecule has 108 valence electrons. The molecule has 0 saturated carbocycles. The second-order valence-electron chi connectivity index (χ2n) is 4.18. The fourth-order valence-corrected chi connectivity index (χ4v) is 3.17. The van der Waals surface area contributed by atoms with Gasteiger partial charge in [0.05, 0.1) is 23.0 Å². The van der Waals surface area contributed by atoms with Crippen LogP contribution in [0.1, 0.15) is 18.7 Å². The van der Waals surface area contributed by atoms with E-state index in [1.54, 1.807) is 16.9 Å². The van der Waals surface area contributed by atoms with E-state index < -0.39 is 0 Å². The normalized spacial score (nSPS) is 12.6. The van der Waals surface area contributed by atoms with Gasteiger partial charge in [0, 0.05) is 17.2 Å². The first-order chi connectivity index (χ1) is 9.65. The second-order valence-corrected chi connectivity index (χ2v) is 5.68. The van der Waals surface area contributed by atoms with Crippen LogP contribution in [0.5, 0.6) is 0 Å². The number of halogens is 2. The Morgan fingerprint density at radius 3 is 3.00 bits per heavy atom. The third-order valence-electron chi connectivity index (χ3n) is 2.88. The molecule has 0 fully saturated rings. The van der Waals surface area contributed by atoms with Gasteiger partial charge >= 0.3 is 0 Å². The number of hydrogen-bond donors (Lipinski definition) is 2. The van der Waals surface area contributed by atoms with Crippen molar-refractivity contribution in [3.05, 3.63) is 47.0 Å². The van der Waals surface area contributed by atoms with E-state index in [0.717, 1.165) is 10.6 Å². The largest absolute Gasteiger partial charge is 0.271 e.